The van der Waals surface area contributed by atoms with Crippen LogP contribution in [0.3, 0.4) is 0 Å². The van der Waals surface area contributed by atoms with Crippen LogP contribution in [0.5, 0.6) is 5.75 Å². The summed E-state index contributed by atoms with van der Waals surface area (Å²) in [6, 6.07) is 4.36. The maximum Gasteiger partial charge on any atom is 0.253 e. The Balaban J connectivity index is 2.61. The second kappa shape index (κ2) is 5.08. The summed E-state index contributed by atoms with van der Waals surface area (Å²) in [5, 5.41) is 12.1. The van der Waals surface area contributed by atoms with E-state index < -0.39 is 0 Å². The molecular weight excluding hydrogens is 216 g/mol. The summed E-state index contributed by atoms with van der Waals surface area (Å²) in [6.45, 7) is 6.93. The number of hydrogen-bond donors (Lipinski definition) is 3. The van der Waals surface area contributed by atoms with Crippen molar-refractivity contribution >= 4 is 11.6 Å². The zero-order valence-corrected chi connectivity index (χ0v) is 10.6. The molecule has 0 aliphatic heterocycles. The van der Waals surface area contributed by atoms with E-state index in [2.05, 4.69) is 26.1 Å². The molecule has 0 aromatic heterocycles. The van der Waals surface area contributed by atoms with Crippen molar-refractivity contribution in [2.24, 2.45) is 5.41 Å². The summed E-state index contributed by atoms with van der Waals surface area (Å²) in [7, 11) is 0. The zero-order chi connectivity index (χ0) is 13.1. The largest absolute Gasteiger partial charge is 0.508 e. The molecule has 1 rings (SSSR count). The Morgan fingerprint density at radius 1 is 1.41 bits per heavy atom. The van der Waals surface area contributed by atoms with Gasteiger partial charge in [0, 0.05) is 12.2 Å². The lowest BCUT2D eigenvalue weighted by Gasteiger charge is -2.18. The minimum absolute atomic E-state index is 0.0418. The van der Waals surface area contributed by atoms with Gasteiger partial charge in [0.2, 0.25) is 0 Å². The average molecular weight is 236 g/mol. The van der Waals surface area contributed by atoms with Crippen molar-refractivity contribution in [3.8, 4) is 5.75 Å². The molecule has 4 heteroatoms. The number of nitrogen functional groups attached to an aromatic ring is 1. The van der Waals surface area contributed by atoms with Crippen molar-refractivity contribution in [2.45, 2.75) is 27.2 Å². The molecule has 1 amide bonds. The maximum atomic E-state index is 11.8. The van der Waals surface area contributed by atoms with Gasteiger partial charge in [0.05, 0.1) is 5.56 Å². The number of nitrogens with two attached hydrogens (primary N) is 1. The van der Waals surface area contributed by atoms with E-state index in [1.165, 1.54) is 18.2 Å². The lowest BCUT2D eigenvalue weighted by molar-refractivity contribution is 0.0950. The number of aromatic hydroxyl groups is 1. The highest BCUT2D eigenvalue weighted by atomic mass is 16.3. The van der Waals surface area contributed by atoms with Crippen molar-refractivity contribution in [1.29, 1.82) is 0 Å². The van der Waals surface area contributed by atoms with Gasteiger partial charge in [0.1, 0.15) is 5.75 Å². The fraction of sp³-hybridized carbons (Fsp3) is 0.462. The third-order valence-electron chi connectivity index (χ3n) is 2.44. The van der Waals surface area contributed by atoms with Crippen LogP contribution in [0.25, 0.3) is 0 Å². The molecule has 94 valence electrons. The number of benzene rings is 1. The molecule has 1 aromatic carbocycles. The van der Waals surface area contributed by atoms with Crippen LogP contribution < -0.4 is 11.1 Å². The third kappa shape index (κ3) is 4.34. The topological polar surface area (TPSA) is 75.3 Å². The smallest absolute Gasteiger partial charge is 0.253 e. The van der Waals surface area contributed by atoms with Gasteiger partial charge in [-0.25, -0.2) is 0 Å². The predicted molar refractivity (Wildman–Crippen MR) is 68.9 cm³/mol. The molecule has 0 atom stereocenters. The monoisotopic (exact) mass is 236 g/mol. The standard InChI is InChI=1S/C13H20N2O2/c1-13(2,3)6-7-15-12(17)10-8-9(16)4-5-11(10)14/h4-5,8,16H,6-7,14H2,1-3H3,(H,15,17). The van der Waals surface area contributed by atoms with Crippen LogP contribution >= 0.6 is 0 Å². The molecule has 0 saturated heterocycles. The highest BCUT2D eigenvalue weighted by Crippen LogP contribution is 2.19. The van der Waals surface area contributed by atoms with Crippen molar-refractivity contribution in [3.63, 3.8) is 0 Å². The SMILES string of the molecule is CC(C)(C)CCNC(=O)c1cc(O)ccc1N. The van der Waals surface area contributed by atoms with Crippen molar-refractivity contribution in [1.82, 2.24) is 5.32 Å². The molecule has 0 radical (unpaired) electrons. The van der Waals surface area contributed by atoms with E-state index in [9.17, 15) is 9.90 Å². The molecule has 0 bridgehead atoms. The van der Waals surface area contributed by atoms with E-state index in [1.54, 1.807) is 0 Å². The normalized spacial score (nSPS) is 11.2. The number of carbonyl (C=O) groups excluding carboxylic acids is 1. The van der Waals surface area contributed by atoms with Crippen molar-refractivity contribution < 1.29 is 9.90 Å². The fourth-order valence-electron chi connectivity index (χ4n) is 1.39. The summed E-state index contributed by atoms with van der Waals surface area (Å²) in [5.74, 6) is -0.206. The third-order valence-corrected chi connectivity index (χ3v) is 2.44. The number of amides is 1. The average Bonchev–Trinajstić information content (AvgIpc) is 2.19. The second-order valence-electron chi connectivity index (χ2n) is 5.34. The van der Waals surface area contributed by atoms with Crippen LogP contribution in [0, 0.1) is 5.41 Å². The first-order valence-corrected chi connectivity index (χ1v) is 5.66. The van der Waals surface area contributed by atoms with Gasteiger partial charge in [-0.15, -0.1) is 0 Å². The summed E-state index contributed by atoms with van der Waals surface area (Å²) < 4.78 is 0. The van der Waals surface area contributed by atoms with Gasteiger partial charge in [-0.1, -0.05) is 20.8 Å². The van der Waals surface area contributed by atoms with E-state index >= 15 is 0 Å². The van der Waals surface area contributed by atoms with E-state index in [4.69, 9.17) is 5.73 Å². The summed E-state index contributed by atoms with van der Waals surface area (Å²) in [4.78, 5) is 11.8. The number of phenols is 1. The molecule has 0 saturated carbocycles. The minimum atomic E-state index is -0.248. The van der Waals surface area contributed by atoms with Gasteiger partial charge >= 0.3 is 0 Å². The minimum Gasteiger partial charge on any atom is -0.508 e. The molecule has 17 heavy (non-hydrogen) atoms. The number of carbonyl (C=O) groups is 1. The Hall–Kier alpha value is -1.71. The maximum absolute atomic E-state index is 11.8. The molecule has 0 heterocycles. The summed E-state index contributed by atoms with van der Waals surface area (Å²) in [5.41, 5.74) is 6.54. The fourth-order valence-corrected chi connectivity index (χ4v) is 1.39. The molecule has 0 aliphatic rings. The molecule has 0 aliphatic carbocycles. The molecule has 1 aromatic rings. The molecule has 4 nitrogen and oxygen atoms in total. The van der Waals surface area contributed by atoms with E-state index in [0.29, 0.717) is 17.8 Å². The molecule has 0 unspecified atom stereocenters. The van der Waals surface area contributed by atoms with Crippen molar-refractivity contribution in [2.75, 3.05) is 12.3 Å². The highest BCUT2D eigenvalue weighted by Gasteiger charge is 2.13. The second-order valence-corrected chi connectivity index (χ2v) is 5.34. The molecule has 0 spiro atoms. The first-order valence-electron chi connectivity index (χ1n) is 5.66. The van der Waals surface area contributed by atoms with Crippen LogP contribution in [-0.2, 0) is 0 Å². The van der Waals surface area contributed by atoms with Crippen LogP contribution in [0.15, 0.2) is 18.2 Å². The van der Waals surface area contributed by atoms with Crippen LogP contribution in [0.2, 0.25) is 0 Å². The van der Waals surface area contributed by atoms with E-state index in [-0.39, 0.29) is 17.1 Å². The highest BCUT2D eigenvalue weighted by molar-refractivity contribution is 5.99. The van der Waals surface area contributed by atoms with Gasteiger partial charge < -0.3 is 16.2 Å². The van der Waals surface area contributed by atoms with Gasteiger partial charge in [0.15, 0.2) is 0 Å². The van der Waals surface area contributed by atoms with E-state index in [0.717, 1.165) is 6.42 Å². The molecular formula is C13H20N2O2. The van der Waals surface area contributed by atoms with Gasteiger partial charge in [-0.2, -0.15) is 0 Å². The predicted octanol–water partition coefficient (Wildman–Crippen LogP) is 2.14. The Labute approximate surface area is 102 Å². The van der Waals surface area contributed by atoms with Crippen LogP contribution in [-0.4, -0.2) is 17.6 Å². The van der Waals surface area contributed by atoms with E-state index in [1.807, 2.05) is 0 Å². The Morgan fingerprint density at radius 3 is 2.65 bits per heavy atom. The van der Waals surface area contributed by atoms with Gasteiger partial charge in [-0.3, -0.25) is 4.79 Å². The number of hydrogen-bond acceptors (Lipinski definition) is 3. The van der Waals surface area contributed by atoms with Gasteiger partial charge in [-0.05, 0) is 30.0 Å². The summed E-state index contributed by atoms with van der Waals surface area (Å²) >= 11 is 0. The first kappa shape index (κ1) is 13.4. The quantitative estimate of drug-likeness (QED) is 0.556. The Morgan fingerprint density at radius 2 is 2.06 bits per heavy atom. The molecule has 4 N–H and O–H groups in total. The lowest BCUT2D eigenvalue weighted by Crippen LogP contribution is -2.27. The zero-order valence-electron chi connectivity index (χ0n) is 10.6. The Kier molecular flexibility index (Phi) is 3.99. The number of rotatable bonds is 3. The summed E-state index contributed by atoms with van der Waals surface area (Å²) in [6.07, 6.45) is 0.886. The number of nitrogens with one attached hydrogen (secondary N) is 1. The Bertz CT molecular complexity index is 408. The first-order chi connectivity index (χ1) is 7.79. The number of phenolic OH excluding ortho intramolecular Hbond substituents is 1. The van der Waals surface area contributed by atoms with Gasteiger partial charge in [0.25, 0.3) is 5.91 Å². The number of anilines is 1. The lowest BCUT2D eigenvalue weighted by atomic mass is 9.92. The van der Waals surface area contributed by atoms with Crippen LogP contribution in [0.4, 0.5) is 5.69 Å². The molecule has 0 fully saturated rings. The van der Waals surface area contributed by atoms with Crippen molar-refractivity contribution in [3.05, 3.63) is 23.8 Å². The van der Waals surface area contributed by atoms with Crippen LogP contribution in [0.1, 0.15) is 37.6 Å².